The first-order valence-corrected chi connectivity index (χ1v) is 5.76. The molecule has 1 atom stereocenters. The SMILES string of the molecule is c1nc(C2CSCCN2)cs1. The van der Waals surface area contributed by atoms with Crippen LogP contribution in [-0.4, -0.2) is 23.0 Å². The van der Waals surface area contributed by atoms with Gasteiger partial charge in [0, 0.05) is 23.4 Å². The van der Waals surface area contributed by atoms with Crippen molar-refractivity contribution in [3.8, 4) is 0 Å². The molecule has 60 valence electrons. The molecule has 1 aromatic rings. The number of nitrogens with zero attached hydrogens (tertiary/aromatic N) is 1. The van der Waals surface area contributed by atoms with Gasteiger partial charge in [0.05, 0.1) is 17.2 Å². The Kier molecular flexibility index (Phi) is 2.45. The molecule has 2 rings (SSSR count). The van der Waals surface area contributed by atoms with Crippen molar-refractivity contribution in [1.82, 2.24) is 10.3 Å². The Hall–Kier alpha value is -0.0600. The zero-order valence-electron chi connectivity index (χ0n) is 6.12. The molecule has 1 unspecified atom stereocenters. The number of rotatable bonds is 1. The van der Waals surface area contributed by atoms with Gasteiger partial charge in [-0.25, -0.2) is 4.98 Å². The fraction of sp³-hybridized carbons (Fsp3) is 0.571. The second-order valence-corrected chi connectivity index (χ2v) is 4.36. The number of hydrogen-bond acceptors (Lipinski definition) is 4. The van der Waals surface area contributed by atoms with Crippen molar-refractivity contribution in [2.24, 2.45) is 0 Å². The zero-order valence-corrected chi connectivity index (χ0v) is 7.75. The molecule has 1 fully saturated rings. The molecular weight excluding hydrogens is 176 g/mol. The highest BCUT2D eigenvalue weighted by Crippen LogP contribution is 2.20. The van der Waals surface area contributed by atoms with Gasteiger partial charge in [-0.15, -0.1) is 11.3 Å². The predicted octanol–water partition coefficient (Wildman–Crippen LogP) is 1.52. The van der Waals surface area contributed by atoms with Gasteiger partial charge in [0.15, 0.2) is 0 Å². The average Bonchev–Trinajstić information content (AvgIpc) is 2.58. The van der Waals surface area contributed by atoms with Crippen LogP contribution in [0.4, 0.5) is 0 Å². The quantitative estimate of drug-likeness (QED) is 0.720. The van der Waals surface area contributed by atoms with E-state index in [4.69, 9.17) is 0 Å². The average molecular weight is 186 g/mol. The standard InChI is InChI=1S/C7H10N2S2/c1-2-10-3-6(8-1)7-4-11-5-9-7/h4-6,8H,1-3H2. The largest absolute Gasteiger partial charge is 0.307 e. The maximum absolute atomic E-state index is 4.28. The monoisotopic (exact) mass is 186 g/mol. The maximum atomic E-state index is 4.28. The number of thiazole rings is 1. The summed E-state index contributed by atoms with van der Waals surface area (Å²) >= 11 is 3.68. The van der Waals surface area contributed by atoms with Gasteiger partial charge in [-0.05, 0) is 0 Å². The van der Waals surface area contributed by atoms with E-state index in [0.29, 0.717) is 6.04 Å². The van der Waals surface area contributed by atoms with Gasteiger partial charge in [-0.3, -0.25) is 0 Å². The molecule has 1 aliphatic heterocycles. The fourth-order valence-corrected chi connectivity index (χ4v) is 2.71. The molecule has 4 heteroatoms. The Bertz CT molecular complexity index is 204. The van der Waals surface area contributed by atoms with Gasteiger partial charge in [0.1, 0.15) is 0 Å². The summed E-state index contributed by atoms with van der Waals surface area (Å²) in [4.78, 5) is 4.28. The van der Waals surface area contributed by atoms with Gasteiger partial charge < -0.3 is 5.32 Å². The second-order valence-electron chi connectivity index (χ2n) is 2.49. The van der Waals surface area contributed by atoms with Gasteiger partial charge in [-0.1, -0.05) is 0 Å². The Morgan fingerprint density at radius 2 is 2.64 bits per heavy atom. The van der Waals surface area contributed by atoms with Crippen LogP contribution >= 0.6 is 23.1 Å². The van der Waals surface area contributed by atoms with Gasteiger partial charge in [0.25, 0.3) is 0 Å². The van der Waals surface area contributed by atoms with Crippen molar-refractivity contribution in [1.29, 1.82) is 0 Å². The molecule has 1 N–H and O–H groups in total. The number of hydrogen-bond donors (Lipinski definition) is 1. The van der Waals surface area contributed by atoms with Crippen LogP contribution in [0.25, 0.3) is 0 Å². The van der Waals surface area contributed by atoms with Crippen LogP contribution in [0.3, 0.4) is 0 Å². The minimum absolute atomic E-state index is 0.500. The van der Waals surface area contributed by atoms with Crippen molar-refractivity contribution < 1.29 is 0 Å². The Balaban J connectivity index is 2.04. The zero-order chi connectivity index (χ0) is 7.52. The number of aromatic nitrogens is 1. The topological polar surface area (TPSA) is 24.9 Å². The van der Waals surface area contributed by atoms with E-state index in [9.17, 15) is 0 Å². The van der Waals surface area contributed by atoms with Gasteiger partial charge in [-0.2, -0.15) is 11.8 Å². The van der Waals surface area contributed by atoms with Crippen LogP contribution < -0.4 is 5.32 Å². The second kappa shape index (κ2) is 3.56. The summed E-state index contributed by atoms with van der Waals surface area (Å²) in [5.41, 5.74) is 3.11. The molecule has 0 bridgehead atoms. The molecule has 0 saturated carbocycles. The lowest BCUT2D eigenvalue weighted by Gasteiger charge is -2.21. The lowest BCUT2D eigenvalue weighted by Crippen LogP contribution is -2.30. The molecule has 2 heterocycles. The van der Waals surface area contributed by atoms with E-state index >= 15 is 0 Å². The molecule has 11 heavy (non-hydrogen) atoms. The van der Waals surface area contributed by atoms with Gasteiger partial charge in [0.2, 0.25) is 0 Å². The third kappa shape index (κ3) is 1.75. The molecule has 1 aromatic heterocycles. The normalized spacial score (nSPS) is 25.3. The van der Waals surface area contributed by atoms with Crippen molar-refractivity contribution in [2.75, 3.05) is 18.1 Å². The Morgan fingerprint density at radius 3 is 3.27 bits per heavy atom. The maximum Gasteiger partial charge on any atom is 0.0795 e. The molecule has 0 amide bonds. The van der Waals surface area contributed by atoms with Crippen molar-refractivity contribution in [3.05, 3.63) is 16.6 Å². The van der Waals surface area contributed by atoms with Gasteiger partial charge >= 0.3 is 0 Å². The van der Waals surface area contributed by atoms with Crippen molar-refractivity contribution >= 4 is 23.1 Å². The summed E-state index contributed by atoms with van der Waals surface area (Å²) in [6, 6.07) is 0.500. The van der Waals surface area contributed by atoms with Crippen molar-refractivity contribution in [2.45, 2.75) is 6.04 Å². The van der Waals surface area contributed by atoms with Crippen LogP contribution in [-0.2, 0) is 0 Å². The lowest BCUT2D eigenvalue weighted by molar-refractivity contribution is 0.583. The van der Waals surface area contributed by atoms with Crippen LogP contribution in [0.15, 0.2) is 10.9 Å². The summed E-state index contributed by atoms with van der Waals surface area (Å²) in [5.74, 6) is 2.41. The molecule has 0 radical (unpaired) electrons. The smallest absolute Gasteiger partial charge is 0.0795 e. The van der Waals surface area contributed by atoms with E-state index in [-0.39, 0.29) is 0 Å². The van der Waals surface area contributed by atoms with Crippen LogP contribution in [0.5, 0.6) is 0 Å². The third-order valence-electron chi connectivity index (χ3n) is 1.73. The molecule has 0 aliphatic carbocycles. The summed E-state index contributed by atoms with van der Waals surface area (Å²) in [7, 11) is 0. The summed E-state index contributed by atoms with van der Waals surface area (Å²) < 4.78 is 0. The fourth-order valence-electron chi connectivity index (χ4n) is 1.15. The van der Waals surface area contributed by atoms with E-state index < -0.39 is 0 Å². The molecule has 0 aromatic carbocycles. The summed E-state index contributed by atoms with van der Waals surface area (Å²) in [6.45, 7) is 1.12. The first-order chi connectivity index (χ1) is 5.47. The Labute approximate surface area is 74.4 Å². The highest BCUT2D eigenvalue weighted by Gasteiger charge is 2.15. The molecule has 0 spiro atoms. The Morgan fingerprint density at radius 1 is 1.64 bits per heavy atom. The molecule has 1 saturated heterocycles. The molecule has 1 aliphatic rings. The van der Waals surface area contributed by atoms with Crippen LogP contribution in [0.1, 0.15) is 11.7 Å². The predicted molar refractivity (Wildman–Crippen MR) is 50.2 cm³/mol. The van der Waals surface area contributed by atoms with E-state index in [1.165, 1.54) is 17.2 Å². The lowest BCUT2D eigenvalue weighted by atomic mass is 10.2. The molecular formula is C7H10N2S2. The van der Waals surface area contributed by atoms with E-state index in [0.717, 1.165) is 6.54 Å². The summed E-state index contributed by atoms with van der Waals surface area (Å²) in [6.07, 6.45) is 0. The number of thioether (sulfide) groups is 1. The van der Waals surface area contributed by atoms with Crippen molar-refractivity contribution in [3.63, 3.8) is 0 Å². The van der Waals surface area contributed by atoms with Crippen LogP contribution in [0.2, 0.25) is 0 Å². The first-order valence-electron chi connectivity index (χ1n) is 3.66. The minimum Gasteiger partial charge on any atom is -0.307 e. The van der Waals surface area contributed by atoms with E-state index in [1.807, 2.05) is 17.3 Å². The minimum atomic E-state index is 0.500. The third-order valence-corrected chi connectivity index (χ3v) is 3.40. The van der Waals surface area contributed by atoms with Crippen LogP contribution in [0, 0.1) is 0 Å². The highest BCUT2D eigenvalue weighted by molar-refractivity contribution is 7.99. The number of nitrogens with one attached hydrogen (secondary N) is 1. The summed E-state index contributed by atoms with van der Waals surface area (Å²) in [5, 5.41) is 5.57. The highest BCUT2D eigenvalue weighted by atomic mass is 32.2. The van der Waals surface area contributed by atoms with E-state index in [2.05, 4.69) is 15.7 Å². The molecule has 2 nitrogen and oxygen atoms in total. The first kappa shape index (κ1) is 7.58. The van der Waals surface area contributed by atoms with E-state index in [1.54, 1.807) is 11.3 Å².